The van der Waals surface area contributed by atoms with Crippen molar-refractivity contribution in [3.63, 3.8) is 0 Å². The average molecular weight is 497 g/mol. The van der Waals surface area contributed by atoms with Gasteiger partial charge in [-0.1, -0.05) is 41.9 Å². The van der Waals surface area contributed by atoms with Crippen LogP contribution in [0.15, 0.2) is 33.7 Å². The largest absolute Gasteiger partial charge is 0.354 e. The van der Waals surface area contributed by atoms with Crippen LogP contribution in [0.2, 0.25) is 0 Å². The van der Waals surface area contributed by atoms with E-state index in [1.807, 2.05) is 37.9 Å². The topological polar surface area (TPSA) is 56.7 Å². The minimum absolute atomic E-state index is 0. The highest BCUT2D eigenvalue weighted by atomic mass is 127. The lowest BCUT2D eigenvalue weighted by atomic mass is 10.2. The van der Waals surface area contributed by atoms with E-state index in [9.17, 15) is 4.79 Å². The SMILES string of the molecule is CN=C(NCCNC(=O)C(C)C)N(C)Cc1ccc(Br)cc1.I. The molecule has 1 aromatic rings. The van der Waals surface area contributed by atoms with E-state index in [4.69, 9.17) is 0 Å². The molecular weight excluding hydrogens is 471 g/mol. The summed E-state index contributed by atoms with van der Waals surface area (Å²) in [7, 11) is 3.75. The second-order valence-electron chi connectivity index (χ2n) is 5.40. The van der Waals surface area contributed by atoms with Gasteiger partial charge in [0.25, 0.3) is 0 Å². The van der Waals surface area contributed by atoms with Crippen LogP contribution in [0, 0.1) is 5.92 Å². The highest BCUT2D eigenvalue weighted by Gasteiger charge is 2.08. The van der Waals surface area contributed by atoms with E-state index >= 15 is 0 Å². The van der Waals surface area contributed by atoms with Crippen LogP contribution in [-0.2, 0) is 11.3 Å². The molecular formula is C16H26BrIN4O. The molecule has 1 aromatic carbocycles. The van der Waals surface area contributed by atoms with Crippen LogP contribution in [0.3, 0.4) is 0 Å². The third-order valence-corrected chi connectivity index (χ3v) is 3.67. The number of benzene rings is 1. The second-order valence-corrected chi connectivity index (χ2v) is 6.32. The van der Waals surface area contributed by atoms with Crippen molar-refractivity contribution in [2.24, 2.45) is 10.9 Å². The minimum Gasteiger partial charge on any atom is -0.354 e. The van der Waals surface area contributed by atoms with Gasteiger partial charge >= 0.3 is 0 Å². The van der Waals surface area contributed by atoms with Crippen molar-refractivity contribution in [3.8, 4) is 0 Å². The predicted molar refractivity (Wildman–Crippen MR) is 110 cm³/mol. The molecule has 0 bridgehead atoms. The first-order valence-electron chi connectivity index (χ1n) is 7.38. The number of carbonyl (C=O) groups excluding carboxylic acids is 1. The number of guanidine groups is 1. The normalized spacial score (nSPS) is 11.0. The molecule has 0 spiro atoms. The van der Waals surface area contributed by atoms with Gasteiger partial charge in [0.15, 0.2) is 5.96 Å². The molecule has 130 valence electrons. The standard InChI is InChI=1S/C16H25BrN4O.HI/c1-12(2)15(22)19-9-10-20-16(18-3)21(4)11-13-5-7-14(17)8-6-13;/h5-8,12H,9-11H2,1-4H3,(H,18,20)(H,19,22);1H. The molecule has 0 atom stereocenters. The Morgan fingerprint density at radius 1 is 1.22 bits per heavy atom. The van der Waals surface area contributed by atoms with E-state index in [-0.39, 0.29) is 35.8 Å². The van der Waals surface area contributed by atoms with Gasteiger partial charge in [-0.25, -0.2) is 0 Å². The molecule has 0 aromatic heterocycles. The fourth-order valence-corrected chi connectivity index (χ4v) is 2.15. The van der Waals surface area contributed by atoms with Crippen molar-refractivity contribution in [3.05, 3.63) is 34.3 Å². The number of nitrogens with one attached hydrogen (secondary N) is 2. The fraction of sp³-hybridized carbons (Fsp3) is 0.500. The van der Waals surface area contributed by atoms with Gasteiger partial charge < -0.3 is 15.5 Å². The zero-order chi connectivity index (χ0) is 16.5. The van der Waals surface area contributed by atoms with Crippen molar-refractivity contribution >= 4 is 51.8 Å². The molecule has 1 amide bonds. The fourth-order valence-electron chi connectivity index (χ4n) is 1.89. The smallest absolute Gasteiger partial charge is 0.222 e. The van der Waals surface area contributed by atoms with Crippen molar-refractivity contribution in [1.29, 1.82) is 0 Å². The van der Waals surface area contributed by atoms with Gasteiger partial charge in [0.05, 0.1) is 0 Å². The lowest BCUT2D eigenvalue weighted by Crippen LogP contribution is -2.42. The van der Waals surface area contributed by atoms with Crippen LogP contribution in [0.4, 0.5) is 0 Å². The molecule has 0 fully saturated rings. The maximum atomic E-state index is 11.5. The van der Waals surface area contributed by atoms with Crippen LogP contribution >= 0.6 is 39.9 Å². The lowest BCUT2D eigenvalue weighted by molar-refractivity contribution is -0.123. The summed E-state index contributed by atoms with van der Waals surface area (Å²) in [6.07, 6.45) is 0. The summed E-state index contributed by atoms with van der Waals surface area (Å²) in [5.74, 6) is 0.890. The number of carbonyl (C=O) groups is 1. The van der Waals surface area contributed by atoms with Crippen molar-refractivity contribution < 1.29 is 4.79 Å². The van der Waals surface area contributed by atoms with Crippen molar-refractivity contribution in [2.75, 3.05) is 27.2 Å². The Hall–Kier alpha value is -0.830. The monoisotopic (exact) mass is 496 g/mol. The summed E-state index contributed by atoms with van der Waals surface area (Å²) in [6, 6.07) is 8.22. The van der Waals surface area contributed by atoms with Gasteiger partial charge in [-0.15, -0.1) is 24.0 Å². The molecule has 0 unspecified atom stereocenters. The zero-order valence-corrected chi connectivity index (χ0v) is 18.0. The van der Waals surface area contributed by atoms with Gasteiger partial charge in [0.2, 0.25) is 5.91 Å². The molecule has 0 aliphatic rings. The van der Waals surface area contributed by atoms with Crippen LogP contribution in [-0.4, -0.2) is 44.0 Å². The van der Waals surface area contributed by atoms with Crippen LogP contribution in [0.25, 0.3) is 0 Å². The molecule has 2 N–H and O–H groups in total. The summed E-state index contributed by atoms with van der Waals surface area (Å²) in [4.78, 5) is 17.8. The van der Waals surface area contributed by atoms with E-state index < -0.39 is 0 Å². The Morgan fingerprint density at radius 3 is 2.30 bits per heavy atom. The number of halogens is 2. The zero-order valence-electron chi connectivity index (χ0n) is 14.1. The third kappa shape index (κ3) is 8.55. The highest BCUT2D eigenvalue weighted by Crippen LogP contribution is 2.11. The molecule has 5 nitrogen and oxygen atoms in total. The third-order valence-electron chi connectivity index (χ3n) is 3.14. The maximum Gasteiger partial charge on any atom is 0.222 e. The van der Waals surface area contributed by atoms with Crippen molar-refractivity contribution in [2.45, 2.75) is 20.4 Å². The first-order chi connectivity index (χ1) is 10.4. The average Bonchev–Trinajstić information content (AvgIpc) is 2.49. The number of rotatable bonds is 6. The first kappa shape index (κ1) is 22.2. The predicted octanol–water partition coefficient (Wildman–Crippen LogP) is 2.85. The van der Waals surface area contributed by atoms with Gasteiger partial charge in [-0.05, 0) is 17.7 Å². The van der Waals surface area contributed by atoms with E-state index in [0.29, 0.717) is 13.1 Å². The number of aliphatic imine (C=N–C) groups is 1. The Kier molecular flexibility index (Phi) is 11.2. The molecule has 0 radical (unpaired) electrons. The number of nitrogens with zero attached hydrogens (tertiary/aromatic N) is 2. The summed E-state index contributed by atoms with van der Waals surface area (Å²) in [5.41, 5.74) is 1.21. The van der Waals surface area contributed by atoms with E-state index in [1.54, 1.807) is 7.05 Å². The van der Waals surface area contributed by atoms with Gasteiger partial charge in [0, 0.05) is 44.1 Å². The number of hydrogen-bond donors (Lipinski definition) is 2. The van der Waals surface area contributed by atoms with Crippen LogP contribution in [0.1, 0.15) is 19.4 Å². The number of hydrogen-bond acceptors (Lipinski definition) is 2. The Morgan fingerprint density at radius 2 is 1.78 bits per heavy atom. The minimum atomic E-state index is 0. The van der Waals surface area contributed by atoms with Crippen LogP contribution < -0.4 is 10.6 Å². The number of amides is 1. The molecule has 0 saturated carbocycles. The van der Waals surface area contributed by atoms with Gasteiger partial charge in [-0.2, -0.15) is 0 Å². The van der Waals surface area contributed by atoms with Gasteiger partial charge in [-0.3, -0.25) is 9.79 Å². The molecule has 7 heteroatoms. The molecule has 0 heterocycles. The molecule has 1 rings (SSSR count). The summed E-state index contributed by atoms with van der Waals surface area (Å²) >= 11 is 3.43. The molecule has 0 aliphatic heterocycles. The van der Waals surface area contributed by atoms with Crippen LogP contribution in [0.5, 0.6) is 0 Å². The van der Waals surface area contributed by atoms with E-state index in [0.717, 1.165) is 17.0 Å². The molecule has 0 saturated heterocycles. The van der Waals surface area contributed by atoms with E-state index in [1.165, 1.54) is 5.56 Å². The second kappa shape index (κ2) is 11.7. The Labute approximate surface area is 164 Å². The summed E-state index contributed by atoms with van der Waals surface area (Å²) in [5, 5.41) is 6.12. The Balaban J connectivity index is 0.00000484. The van der Waals surface area contributed by atoms with E-state index in [2.05, 4.69) is 43.7 Å². The molecule has 0 aliphatic carbocycles. The summed E-state index contributed by atoms with van der Waals surface area (Å²) in [6.45, 7) is 5.77. The summed E-state index contributed by atoms with van der Waals surface area (Å²) < 4.78 is 1.07. The quantitative estimate of drug-likeness (QED) is 0.275. The highest BCUT2D eigenvalue weighted by molar-refractivity contribution is 14.0. The van der Waals surface area contributed by atoms with Crippen molar-refractivity contribution in [1.82, 2.24) is 15.5 Å². The molecule has 23 heavy (non-hydrogen) atoms. The lowest BCUT2D eigenvalue weighted by Gasteiger charge is -2.22. The van der Waals surface area contributed by atoms with Gasteiger partial charge in [0.1, 0.15) is 0 Å². The Bertz CT molecular complexity index is 505. The first-order valence-corrected chi connectivity index (χ1v) is 8.17. The maximum absolute atomic E-state index is 11.5.